The number of piperidine rings is 1. The molecule has 2 aromatic rings. The topological polar surface area (TPSA) is 93.5 Å². The Labute approximate surface area is 156 Å². The summed E-state index contributed by atoms with van der Waals surface area (Å²) in [6, 6.07) is 9.85. The molecule has 142 valence electrons. The predicted molar refractivity (Wildman–Crippen MR) is 101 cm³/mol. The van der Waals surface area contributed by atoms with Crippen LogP contribution in [0.4, 0.5) is 11.4 Å². The van der Waals surface area contributed by atoms with E-state index >= 15 is 0 Å². The van der Waals surface area contributed by atoms with Crippen molar-refractivity contribution in [3.8, 4) is 0 Å². The van der Waals surface area contributed by atoms with Crippen LogP contribution in [0.5, 0.6) is 0 Å². The summed E-state index contributed by atoms with van der Waals surface area (Å²) in [7, 11) is 1.53. The molecule has 1 aliphatic rings. The van der Waals surface area contributed by atoms with Crippen molar-refractivity contribution in [1.82, 2.24) is 9.78 Å². The van der Waals surface area contributed by atoms with E-state index < -0.39 is 5.91 Å². The van der Waals surface area contributed by atoms with E-state index in [1.54, 1.807) is 23.1 Å². The molecule has 1 aromatic carbocycles. The first-order valence-corrected chi connectivity index (χ1v) is 8.87. The molecule has 0 atom stereocenters. The summed E-state index contributed by atoms with van der Waals surface area (Å²) in [4.78, 5) is 38.1. The van der Waals surface area contributed by atoms with Crippen molar-refractivity contribution in [1.29, 1.82) is 0 Å². The quantitative estimate of drug-likeness (QED) is 0.835. The second kappa shape index (κ2) is 8.59. The van der Waals surface area contributed by atoms with Gasteiger partial charge in [-0.1, -0.05) is 6.07 Å². The Kier molecular flexibility index (Phi) is 5.97. The fourth-order valence-electron chi connectivity index (χ4n) is 2.93. The molecule has 1 aromatic heterocycles. The van der Waals surface area contributed by atoms with Gasteiger partial charge in [0.15, 0.2) is 0 Å². The van der Waals surface area contributed by atoms with Gasteiger partial charge in [0.25, 0.3) is 11.5 Å². The third kappa shape index (κ3) is 4.59. The summed E-state index contributed by atoms with van der Waals surface area (Å²) in [5.74, 6) is -0.333. The van der Waals surface area contributed by atoms with E-state index in [9.17, 15) is 14.4 Å². The third-order valence-electron chi connectivity index (χ3n) is 4.35. The number of aromatic nitrogens is 2. The van der Waals surface area contributed by atoms with E-state index in [1.807, 2.05) is 6.07 Å². The van der Waals surface area contributed by atoms with Crippen LogP contribution in [0, 0.1) is 0 Å². The van der Waals surface area contributed by atoms with Crippen LogP contribution in [-0.4, -0.2) is 41.9 Å². The maximum Gasteiger partial charge on any atom is 0.276 e. The zero-order valence-corrected chi connectivity index (χ0v) is 15.2. The monoisotopic (exact) mass is 370 g/mol. The molecule has 0 radical (unpaired) electrons. The number of hydrogen-bond acceptors (Lipinski definition) is 5. The second-order valence-corrected chi connectivity index (χ2v) is 6.28. The number of methoxy groups -OCH3 is 1. The first-order valence-electron chi connectivity index (χ1n) is 8.87. The standard InChI is InChI=1S/C19H22N4O4/c1-27-12-11-23-18(25)9-8-16(21-23)19(26)20-14-5-4-6-15(13-14)22-10-3-2-7-17(22)24/h4-6,8-9,13H,2-3,7,10-12H2,1H3,(H,20,26). The normalized spacial score (nSPS) is 14.3. The van der Waals surface area contributed by atoms with Gasteiger partial charge in [-0.2, -0.15) is 5.10 Å². The summed E-state index contributed by atoms with van der Waals surface area (Å²) >= 11 is 0. The molecule has 1 N–H and O–H groups in total. The largest absolute Gasteiger partial charge is 0.383 e. The van der Waals surface area contributed by atoms with Gasteiger partial charge in [-0.05, 0) is 37.1 Å². The molecule has 0 bridgehead atoms. The molecule has 8 heteroatoms. The highest BCUT2D eigenvalue weighted by Gasteiger charge is 2.20. The lowest BCUT2D eigenvalue weighted by molar-refractivity contribution is -0.119. The van der Waals surface area contributed by atoms with Crippen molar-refractivity contribution >= 4 is 23.2 Å². The minimum absolute atomic E-state index is 0.0941. The molecular weight excluding hydrogens is 348 g/mol. The number of anilines is 2. The van der Waals surface area contributed by atoms with Crippen molar-refractivity contribution in [2.24, 2.45) is 0 Å². The molecule has 0 unspecified atom stereocenters. The Bertz CT molecular complexity index is 893. The fourth-order valence-corrected chi connectivity index (χ4v) is 2.93. The summed E-state index contributed by atoms with van der Waals surface area (Å²) in [5, 5.41) is 6.85. The van der Waals surface area contributed by atoms with E-state index in [4.69, 9.17) is 4.74 Å². The van der Waals surface area contributed by atoms with Crippen LogP contribution in [-0.2, 0) is 16.1 Å². The molecule has 0 saturated carbocycles. The van der Waals surface area contributed by atoms with Crippen molar-refractivity contribution in [3.63, 3.8) is 0 Å². The molecule has 1 saturated heterocycles. The number of nitrogens with zero attached hydrogens (tertiary/aromatic N) is 3. The zero-order valence-electron chi connectivity index (χ0n) is 15.2. The number of benzene rings is 1. The zero-order chi connectivity index (χ0) is 19.2. The van der Waals surface area contributed by atoms with Crippen LogP contribution < -0.4 is 15.8 Å². The van der Waals surface area contributed by atoms with Crippen LogP contribution in [0.1, 0.15) is 29.8 Å². The molecular formula is C19H22N4O4. The fraction of sp³-hybridized carbons (Fsp3) is 0.368. The molecule has 1 aliphatic heterocycles. The van der Waals surface area contributed by atoms with Gasteiger partial charge < -0.3 is 15.0 Å². The Balaban J connectivity index is 1.75. The first-order chi connectivity index (χ1) is 13.1. The molecule has 0 spiro atoms. The molecule has 1 fully saturated rings. The molecule has 3 rings (SSSR count). The highest BCUT2D eigenvalue weighted by Crippen LogP contribution is 2.24. The Hall–Kier alpha value is -3.00. The summed E-state index contributed by atoms with van der Waals surface area (Å²) < 4.78 is 6.14. The number of rotatable bonds is 6. The van der Waals surface area contributed by atoms with Gasteiger partial charge >= 0.3 is 0 Å². The highest BCUT2D eigenvalue weighted by atomic mass is 16.5. The van der Waals surface area contributed by atoms with Crippen LogP contribution in [0.15, 0.2) is 41.2 Å². The number of hydrogen-bond donors (Lipinski definition) is 1. The van der Waals surface area contributed by atoms with Gasteiger partial charge in [-0.3, -0.25) is 14.4 Å². The van der Waals surface area contributed by atoms with Crippen molar-refractivity contribution in [2.75, 3.05) is 30.5 Å². The van der Waals surface area contributed by atoms with Gasteiger partial charge in [0.2, 0.25) is 5.91 Å². The number of amides is 2. The van der Waals surface area contributed by atoms with Crippen molar-refractivity contribution in [3.05, 3.63) is 52.4 Å². The van der Waals surface area contributed by atoms with Gasteiger partial charge in [-0.15, -0.1) is 0 Å². The van der Waals surface area contributed by atoms with Gasteiger partial charge in [-0.25, -0.2) is 4.68 Å². The lowest BCUT2D eigenvalue weighted by Crippen LogP contribution is -2.35. The smallest absolute Gasteiger partial charge is 0.276 e. The van der Waals surface area contributed by atoms with Crippen LogP contribution >= 0.6 is 0 Å². The molecule has 2 amide bonds. The van der Waals surface area contributed by atoms with E-state index in [0.29, 0.717) is 25.3 Å². The number of ether oxygens (including phenoxy) is 1. The van der Waals surface area contributed by atoms with Crippen LogP contribution in [0.2, 0.25) is 0 Å². The average molecular weight is 370 g/mol. The first kappa shape index (κ1) is 18.8. The average Bonchev–Trinajstić information content (AvgIpc) is 2.68. The third-order valence-corrected chi connectivity index (χ3v) is 4.35. The Morgan fingerprint density at radius 2 is 2.07 bits per heavy atom. The minimum atomic E-state index is -0.428. The molecule has 27 heavy (non-hydrogen) atoms. The highest BCUT2D eigenvalue weighted by molar-refractivity contribution is 6.03. The minimum Gasteiger partial charge on any atom is -0.383 e. The van der Waals surface area contributed by atoms with Crippen LogP contribution in [0.3, 0.4) is 0 Å². The molecule has 2 heterocycles. The van der Waals surface area contributed by atoms with E-state index in [-0.39, 0.29) is 23.7 Å². The van der Waals surface area contributed by atoms with Gasteiger partial charge in [0.05, 0.1) is 13.2 Å². The maximum atomic E-state index is 12.5. The molecule has 0 aliphatic carbocycles. The lowest BCUT2D eigenvalue weighted by atomic mass is 10.1. The second-order valence-electron chi connectivity index (χ2n) is 6.28. The number of carbonyl (C=O) groups excluding carboxylic acids is 2. The maximum absolute atomic E-state index is 12.5. The van der Waals surface area contributed by atoms with Crippen LogP contribution in [0.25, 0.3) is 0 Å². The van der Waals surface area contributed by atoms with Crippen molar-refractivity contribution in [2.45, 2.75) is 25.8 Å². The van der Waals surface area contributed by atoms with E-state index in [2.05, 4.69) is 10.4 Å². The summed E-state index contributed by atoms with van der Waals surface area (Å²) in [5.41, 5.74) is 1.15. The van der Waals surface area contributed by atoms with E-state index in [0.717, 1.165) is 18.5 Å². The van der Waals surface area contributed by atoms with Gasteiger partial charge in [0, 0.05) is 37.5 Å². The van der Waals surface area contributed by atoms with Gasteiger partial charge in [0.1, 0.15) is 5.69 Å². The SMILES string of the molecule is COCCn1nc(C(=O)Nc2cccc(N3CCCCC3=O)c2)ccc1=O. The van der Waals surface area contributed by atoms with E-state index in [1.165, 1.54) is 23.9 Å². The predicted octanol–water partition coefficient (Wildman–Crippen LogP) is 1.66. The lowest BCUT2D eigenvalue weighted by Gasteiger charge is -2.27. The summed E-state index contributed by atoms with van der Waals surface area (Å²) in [6.07, 6.45) is 2.43. The number of carbonyl (C=O) groups is 2. The Morgan fingerprint density at radius 3 is 2.85 bits per heavy atom. The number of nitrogens with one attached hydrogen (secondary N) is 1. The summed E-state index contributed by atoms with van der Waals surface area (Å²) in [6.45, 7) is 1.27. The Morgan fingerprint density at radius 1 is 1.22 bits per heavy atom. The molecule has 8 nitrogen and oxygen atoms in total. The van der Waals surface area contributed by atoms with Crippen molar-refractivity contribution < 1.29 is 14.3 Å².